The molecule has 0 unspecified atom stereocenters. The zero-order valence-corrected chi connectivity index (χ0v) is 11.5. The second-order valence-corrected chi connectivity index (χ2v) is 5.21. The average molecular weight is 226 g/mol. The fourth-order valence-electron chi connectivity index (χ4n) is 2.59. The molecule has 0 aromatic heterocycles. The summed E-state index contributed by atoms with van der Waals surface area (Å²) in [6.07, 6.45) is 6.63. The lowest BCUT2D eigenvalue weighted by Gasteiger charge is -2.33. The fraction of sp³-hybridized carbons (Fsp3) is 1.00. The van der Waals surface area contributed by atoms with Crippen LogP contribution < -0.4 is 5.32 Å². The van der Waals surface area contributed by atoms with E-state index in [9.17, 15) is 0 Å². The van der Waals surface area contributed by atoms with E-state index in [-0.39, 0.29) is 0 Å². The molecule has 96 valence electrons. The van der Waals surface area contributed by atoms with Gasteiger partial charge in [0, 0.05) is 6.04 Å². The van der Waals surface area contributed by atoms with Crippen molar-refractivity contribution in [2.75, 3.05) is 26.2 Å². The highest BCUT2D eigenvalue weighted by molar-refractivity contribution is 4.77. The van der Waals surface area contributed by atoms with E-state index in [4.69, 9.17) is 0 Å². The van der Waals surface area contributed by atoms with E-state index < -0.39 is 0 Å². The normalized spacial score (nSPS) is 19.5. The molecular formula is C14H30N2. The van der Waals surface area contributed by atoms with Crippen LogP contribution in [0.25, 0.3) is 0 Å². The van der Waals surface area contributed by atoms with Gasteiger partial charge in [0.25, 0.3) is 0 Å². The van der Waals surface area contributed by atoms with Crippen LogP contribution in [0.4, 0.5) is 0 Å². The van der Waals surface area contributed by atoms with Crippen molar-refractivity contribution in [1.29, 1.82) is 0 Å². The van der Waals surface area contributed by atoms with Gasteiger partial charge in [0.1, 0.15) is 0 Å². The number of rotatable bonds is 7. The summed E-state index contributed by atoms with van der Waals surface area (Å²) in [6, 6.07) is 0.786. The van der Waals surface area contributed by atoms with Crippen LogP contribution in [-0.2, 0) is 0 Å². The lowest BCUT2D eigenvalue weighted by Crippen LogP contribution is -2.43. The molecule has 1 N–H and O–H groups in total. The molecule has 1 heterocycles. The molecule has 0 aromatic rings. The molecule has 0 aliphatic carbocycles. The van der Waals surface area contributed by atoms with Crippen molar-refractivity contribution in [2.45, 2.75) is 58.9 Å². The highest BCUT2D eigenvalue weighted by Gasteiger charge is 2.18. The molecule has 0 bridgehead atoms. The maximum Gasteiger partial charge on any atom is 0.00915 e. The molecule has 0 saturated carbocycles. The minimum atomic E-state index is 0.786. The molecule has 1 saturated heterocycles. The van der Waals surface area contributed by atoms with E-state index in [1.165, 1.54) is 58.3 Å². The lowest BCUT2D eigenvalue weighted by molar-refractivity contribution is 0.194. The molecule has 0 radical (unpaired) electrons. The number of nitrogens with zero attached hydrogens (tertiary/aromatic N) is 1. The summed E-state index contributed by atoms with van der Waals surface area (Å²) in [7, 11) is 0. The van der Waals surface area contributed by atoms with Crippen LogP contribution in [0, 0.1) is 5.92 Å². The average Bonchev–Trinajstić information content (AvgIpc) is 2.33. The molecular weight excluding hydrogens is 196 g/mol. The summed E-state index contributed by atoms with van der Waals surface area (Å²) in [4.78, 5) is 2.61. The van der Waals surface area contributed by atoms with E-state index in [2.05, 4.69) is 31.0 Å². The van der Waals surface area contributed by atoms with Crippen molar-refractivity contribution in [3.8, 4) is 0 Å². The van der Waals surface area contributed by atoms with Gasteiger partial charge in [-0.2, -0.15) is 0 Å². The minimum Gasteiger partial charge on any atom is -0.314 e. The molecule has 16 heavy (non-hydrogen) atoms. The van der Waals surface area contributed by atoms with E-state index in [0.717, 1.165) is 12.0 Å². The zero-order valence-electron chi connectivity index (χ0n) is 11.5. The highest BCUT2D eigenvalue weighted by Crippen LogP contribution is 2.12. The van der Waals surface area contributed by atoms with Gasteiger partial charge in [-0.15, -0.1) is 0 Å². The Balaban J connectivity index is 2.12. The third-order valence-electron chi connectivity index (χ3n) is 3.98. The minimum absolute atomic E-state index is 0.786. The van der Waals surface area contributed by atoms with E-state index in [1.54, 1.807) is 0 Å². The number of nitrogens with one attached hydrogen (secondary N) is 1. The number of hydrogen-bond acceptors (Lipinski definition) is 2. The SMILES string of the molecule is CCCN1CCC(NCC(CC)CC)CC1. The lowest BCUT2D eigenvalue weighted by atomic mass is 10.0. The predicted molar refractivity (Wildman–Crippen MR) is 71.8 cm³/mol. The van der Waals surface area contributed by atoms with Crippen LogP contribution in [0.3, 0.4) is 0 Å². The second-order valence-electron chi connectivity index (χ2n) is 5.21. The van der Waals surface area contributed by atoms with Crippen molar-refractivity contribution in [3.63, 3.8) is 0 Å². The van der Waals surface area contributed by atoms with E-state index in [1.807, 2.05) is 0 Å². The summed E-state index contributed by atoms with van der Waals surface area (Å²) >= 11 is 0. The van der Waals surface area contributed by atoms with Crippen LogP contribution in [0.5, 0.6) is 0 Å². The van der Waals surface area contributed by atoms with Gasteiger partial charge in [-0.05, 0) is 51.4 Å². The van der Waals surface area contributed by atoms with Crippen LogP contribution >= 0.6 is 0 Å². The molecule has 0 atom stereocenters. The molecule has 1 aliphatic heterocycles. The monoisotopic (exact) mass is 226 g/mol. The van der Waals surface area contributed by atoms with Crippen LogP contribution in [0.2, 0.25) is 0 Å². The third-order valence-corrected chi connectivity index (χ3v) is 3.98. The van der Waals surface area contributed by atoms with Crippen molar-refractivity contribution in [3.05, 3.63) is 0 Å². The zero-order chi connectivity index (χ0) is 11.8. The van der Waals surface area contributed by atoms with Gasteiger partial charge in [0.05, 0.1) is 0 Å². The summed E-state index contributed by atoms with van der Waals surface area (Å²) in [6.45, 7) is 12.0. The first kappa shape index (κ1) is 14.0. The maximum atomic E-state index is 3.76. The Hall–Kier alpha value is -0.0800. The smallest absolute Gasteiger partial charge is 0.00915 e. The largest absolute Gasteiger partial charge is 0.314 e. The highest BCUT2D eigenvalue weighted by atomic mass is 15.1. The Morgan fingerprint density at radius 3 is 2.25 bits per heavy atom. The van der Waals surface area contributed by atoms with Crippen molar-refractivity contribution in [1.82, 2.24) is 10.2 Å². The van der Waals surface area contributed by atoms with Gasteiger partial charge < -0.3 is 10.2 Å². The molecule has 2 heteroatoms. The van der Waals surface area contributed by atoms with Gasteiger partial charge in [-0.25, -0.2) is 0 Å². The number of likely N-dealkylation sites (tertiary alicyclic amines) is 1. The summed E-state index contributed by atoms with van der Waals surface area (Å²) in [5.41, 5.74) is 0. The van der Waals surface area contributed by atoms with Crippen molar-refractivity contribution in [2.24, 2.45) is 5.92 Å². The molecule has 0 spiro atoms. The number of piperidine rings is 1. The standard InChI is InChI=1S/C14H30N2/c1-4-9-16-10-7-14(8-11-16)15-12-13(5-2)6-3/h13-15H,4-12H2,1-3H3. The van der Waals surface area contributed by atoms with Crippen LogP contribution in [0.15, 0.2) is 0 Å². The van der Waals surface area contributed by atoms with Crippen molar-refractivity contribution >= 4 is 0 Å². The topological polar surface area (TPSA) is 15.3 Å². The maximum absolute atomic E-state index is 3.76. The van der Waals surface area contributed by atoms with Gasteiger partial charge in [0.2, 0.25) is 0 Å². The Morgan fingerprint density at radius 2 is 1.75 bits per heavy atom. The van der Waals surface area contributed by atoms with Crippen LogP contribution in [-0.4, -0.2) is 37.1 Å². The Bertz CT molecular complexity index is 158. The summed E-state index contributed by atoms with van der Waals surface area (Å²) < 4.78 is 0. The van der Waals surface area contributed by atoms with Crippen LogP contribution in [0.1, 0.15) is 52.9 Å². The van der Waals surface area contributed by atoms with E-state index in [0.29, 0.717) is 0 Å². The first-order chi connectivity index (χ1) is 7.80. The molecule has 1 rings (SSSR count). The Kier molecular flexibility index (Phi) is 7.06. The Morgan fingerprint density at radius 1 is 1.12 bits per heavy atom. The molecule has 1 aliphatic rings. The molecule has 0 aromatic carbocycles. The second kappa shape index (κ2) is 8.08. The first-order valence-corrected chi connectivity index (χ1v) is 7.25. The molecule has 0 amide bonds. The fourth-order valence-corrected chi connectivity index (χ4v) is 2.59. The quantitative estimate of drug-likeness (QED) is 0.718. The Labute approximate surface area is 102 Å². The predicted octanol–water partition coefficient (Wildman–Crippen LogP) is 2.89. The number of hydrogen-bond donors (Lipinski definition) is 1. The van der Waals surface area contributed by atoms with Gasteiger partial charge in [-0.1, -0.05) is 33.6 Å². The summed E-state index contributed by atoms with van der Waals surface area (Å²) in [5.74, 6) is 0.883. The van der Waals surface area contributed by atoms with Gasteiger partial charge in [0.15, 0.2) is 0 Å². The van der Waals surface area contributed by atoms with Gasteiger partial charge in [-0.3, -0.25) is 0 Å². The van der Waals surface area contributed by atoms with Gasteiger partial charge >= 0.3 is 0 Å². The molecule has 2 nitrogen and oxygen atoms in total. The third kappa shape index (κ3) is 4.84. The van der Waals surface area contributed by atoms with Crippen molar-refractivity contribution < 1.29 is 0 Å². The molecule has 1 fully saturated rings. The summed E-state index contributed by atoms with van der Waals surface area (Å²) in [5, 5.41) is 3.76. The first-order valence-electron chi connectivity index (χ1n) is 7.25. The van der Waals surface area contributed by atoms with E-state index >= 15 is 0 Å².